The number of carbonyl (C=O) groups excluding carboxylic acids is 1. The molecule has 0 aliphatic heterocycles. The predicted octanol–water partition coefficient (Wildman–Crippen LogP) is 2.86. The van der Waals surface area contributed by atoms with Gasteiger partial charge in [0.05, 0.1) is 13.0 Å². The van der Waals surface area contributed by atoms with Crippen LogP contribution in [0.15, 0.2) is 41.8 Å². The fraction of sp³-hybridized carbons (Fsp3) is 0.267. The van der Waals surface area contributed by atoms with Crippen LogP contribution in [-0.2, 0) is 16.0 Å². The number of benzene rings is 1. The Balaban J connectivity index is 2.01. The van der Waals surface area contributed by atoms with E-state index in [-0.39, 0.29) is 18.3 Å². The number of hydrogen-bond acceptors (Lipinski definition) is 5. The van der Waals surface area contributed by atoms with Gasteiger partial charge in [0.25, 0.3) is 0 Å². The number of methoxy groups -OCH3 is 1. The minimum Gasteiger partial charge on any atom is -0.504 e. The fourth-order valence-corrected chi connectivity index (χ4v) is 2.60. The number of aromatic hydroxyl groups is 1. The van der Waals surface area contributed by atoms with Crippen LogP contribution in [0.2, 0.25) is 0 Å². The predicted molar refractivity (Wildman–Crippen MR) is 77.1 cm³/mol. The highest BCUT2D eigenvalue weighted by Crippen LogP contribution is 2.25. The van der Waals surface area contributed by atoms with E-state index in [0.717, 1.165) is 4.88 Å². The number of phenolic OH excluding ortho intramolecular Hbond substituents is 1. The normalized spacial score (nSPS) is 11.8. The first-order valence-electron chi connectivity index (χ1n) is 6.21. The number of esters is 1. The molecule has 0 bridgehead atoms. The molecule has 20 heavy (non-hydrogen) atoms. The molecule has 1 aromatic carbocycles. The van der Waals surface area contributed by atoms with Crippen LogP contribution in [0.5, 0.6) is 11.5 Å². The molecule has 0 aliphatic rings. The summed E-state index contributed by atoms with van der Waals surface area (Å²) >= 11 is 1.59. The lowest BCUT2D eigenvalue weighted by Crippen LogP contribution is -2.25. The number of para-hydroxylation sites is 2. The lowest BCUT2D eigenvalue weighted by atomic mass is 10.1. The van der Waals surface area contributed by atoms with Gasteiger partial charge in [-0.05, 0) is 30.0 Å². The van der Waals surface area contributed by atoms with Gasteiger partial charge in [-0.2, -0.15) is 0 Å². The van der Waals surface area contributed by atoms with Crippen molar-refractivity contribution >= 4 is 17.3 Å². The molecule has 106 valence electrons. The summed E-state index contributed by atoms with van der Waals surface area (Å²) < 4.78 is 10.3. The van der Waals surface area contributed by atoms with E-state index in [2.05, 4.69) is 0 Å². The van der Waals surface area contributed by atoms with Crippen molar-refractivity contribution in [1.29, 1.82) is 0 Å². The monoisotopic (exact) mass is 292 g/mol. The van der Waals surface area contributed by atoms with Gasteiger partial charge in [-0.3, -0.25) is 4.79 Å². The van der Waals surface area contributed by atoms with E-state index in [1.165, 1.54) is 7.11 Å². The summed E-state index contributed by atoms with van der Waals surface area (Å²) in [5.74, 6) is -0.271. The van der Waals surface area contributed by atoms with E-state index in [1.807, 2.05) is 17.5 Å². The summed E-state index contributed by atoms with van der Waals surface area (Å²) in [7, 11) is 1.36. The molecule has 1 atom stereocenters. The molecule has 0 radical (unpaired) electrons. The minimum atomic E-state index is -0.391. The van der Waals surface area contributed by atoms with Gasteiger partial charge in [-0.25, -0.2) is 0 Å². The Labute approximate surface area is 121 Å². The van der Waals surface area contributed by atoms with Crippen molar-refractivity contribution in [3.8, 4) is 11.5 Å². The third-order valence-corrected chi connectivity index (χ3v) is 3.77. The first-order valence-corrected chi connectivity index (χ1v) is 7.09. The topological polar surface area (TPSA) is 55.8 Å². The molecule has 2 aromatic rings. The molecule has 5 heteroatoms. The second-order valence-electron chi connectivity index (χ2n) is 4.28. The van der Waals surface area contributed by atoms with E-state index in [1.54, 1.807) is 35.6 Å². The van der Waals surface area contributed by atoms with E-state index in [9.17, 15) is 9.90 Å². The summed E-state index contributed by atoms with van der Waals surface area (Å²) in [6.07, 6.45) is 0.567. The molecule has 1 aromatic heterocycles. The Hall–Kier alpha value is -2.01. The molecular formula is C15H16O4S. The Morgan fingerprint density at radius 1 is 1.30 bits per heavy atom. The van der Waals surface area contributed by atoms with Gasteiger partial charge in [0.15, 0.2) is 11.5 Å². The number of carbonyl (C=O) groups is 1. The molecule has 0 amide bonds. The van der Waals surface area contributed by atoms with Crippen LogP contribution >= 0.6 is 11.3 Å². The molecule has 0 saturated heterocycles. The smallest absolute Gasteiger partial charge is 0.312 e. The van der Waals surface area contributed by atoms with Crippen molar-refractivity contribution in [3.63, 3.8) is 0 Å². The zero-order valence-corrected chi connectivity index (χ0v) is 11.9. The largest absolute Gasteiger partial charge is 0.504 e. The lowest BCUT2D eigenvalue weighted by molar-refractivity contribution is -0.146. The molecular weight excluding hydrogens is 276 g/mol. The minimum absolute atomic E-state index is 0.0623. The second kappa shape index (κ2) is 6.96. The molecule has 0 spiro atoms. The highest BCUT2D eigenvalue weighted by atomic mass is 32.1. The summed E-state index contributed by atoms with van der Waals surface area (Å²) in [5, 5.41) is 11.6. The van der Waals surface area contributed by atoms with Crippen molar-refractivity contribution in [2.75, 3.05) is 13.7 Å². The number of hydrogen-bond donors (Lipinski definition) is 1. The molecule has 4 nitrogen and oxygen atoms in total. The standard InChI is InChI=1S/C15H16O4S/c1-18-15(17)11(9-12-5-4-8-20-12)10-19-14-7-3-2-6-13(14)16/h2-8,11,16H,9-10H2,1H3. The van der Waals surface area contributed by atoms with Crippen LogP contribution in [-0.4, -0.2) is 24.8 Å². The quantitative estimate of drug-likeness (QED) is 0.832. The van der Waals surface area contributed by atoms with Crippen LogP contribution < -0.4 is 4.74 Å². The summed E-state index contributed by atoms with van der Waals surface area (Å²) in [6, 6.07) is 10.6. The first-order chi connectivity index (χ1) is 9.70. The van der Waals surface area contributed by atoms with Crippen LogP contribution in [0.4, 0.5) is 0 Å². The number of thiophene rings is 1. The van der Waals surface area contributed by atoms with E-state index >= 15 is 0 Å². The van der Waals surface area contributed by atoms with Crippen molar-refractivity contribution in [2.24, 2.45) is 5.92 Å². The van der Waals surface area contributed by atoms with Gasteiger partial charge in [0, 0.05) is 4.88 Å². The Morgan fingerprint density at radius 3 is 2.75 bits per heavy atom. The average Bonchev–Trinajstić information content (AvgIpc) is 2.97. The van der Waals surface area contributed by atoms with Gasteiger partial charge in [-0.1, -0.05) is 18.2 Å². The summed E-state index contributed by atoms with van der Waals surface area (Å²) in [5.41, 5.74) is 0. The number of rotatable bonds is 6. The van der Waals surface area contributed by atoms with Crippen molar-refractivity contribution in [2.45, 2.75) is 6.42 Å². The van der Waals surface area contributed by atoms with E-state index < -0.39 is 5.92 Å². The molecule has 0 saturated carbocycles. The van der Waals surface area contributed by atoms with Gasteiger partial charge in [-0.15, -0.1) is 11.3 Å². The average molecular weight is 292 g/mol. The van der Waals surface area contributed by atoms with Gasteiger partial charge < -0.3 is 14.6 Å². The third-order valence-electron chi connectivity index (χ3n) is 2.87. The molecule has 1 heterocycles. The molecule has 2 rings (SSSR count). The van der Waals surface area contributed by atoms with Gasteiger partial charge in [0.1, 0.15) is 6.61 Å². The van der Waals surface area contributed by atoms with Crippen LogP contribution in [0, 0.1) is 5.92 Å². The lowest BCUT2D eigenvalue weighted by Gasteiger charge is -2.15. The number of ether oxygens (including phenoxy) is 2. The number of phenols is 1. The highest BCUT2D eigenvalue weighted by Gasteiger charge is 2.21. The van der Waals surface area contributed by atoms with Crippen LogP contribution in [0.1, 0.15) is 4.88 Å². The Bertz CT molecular complexity index is 551. The van der Waals surface area contributed by atoms with Gasteiger partial charge in [0.2, 0.25) is 0 Å². The maximum Gasteiger partial charge on any atom is 0.312 e. The van der Waals surface area contributed by atoms with Crippen LogP contribution in [0.25, 0.3) is 0 Å². The zero-order valence-electron chi connectivity index (χ0n) is 11.1. The van der Waals surface area contributed by atoms with Crippen molar-refractivity contribution < 1.29 is 19.4 Å². The fourth-order valence-electron chi connectivity index (χ4n) is 1.82. The van der Waals surface area contributed by atoms with Crippen molar-refractivity contribution in [1.82, 2.24) is 0 Å². The molecule has 0 fully saturated rings. The summed E-state index contributed by atoms with van der Waals surface area (Å²) in [4.78, 5) is 12.9. The SMILES string of the molecule is COC(=O)C(COc1ccccc1O)Cc1cccs1. The highest BCUT2D eigenvalue weighted by molar-refractivity contribution is 7.09. The Kier molecular flexibility index (Phi) is 5.01. The molecule has 0 aliphatic carbocycles. The molecule has 1 unspecified atom stereocenters. The van der Waals surface area contributed by atoms with E-state index in [4.69, 9.17) is 9.47 Å². The molecule has 1 N–H and O–H groups in total. The van der Waals surface area contributed by atoms with E-state index in [0.29, 0.717) is 12.2 Å². The maximum absolute atomic E-state index is 11.8. The van der Waals surface area contributed by atoms with Gasteiger partial charge >= 0.3 is 5.97 Å². The maximum atomic E-state index is 11.8. The van der Waals surface area contributed by atoms with Crippen molar-refractivity contribution in [3.05, 3.63) is 46.7 Å². The van der Waals surface area contributed by atoms with Crippen LogP contribution in [0.3, 0.4) is 0 Å². The first kappa shape index (κ1) is 14.4. The third kappa shape index (κ3) is 3.74. The summed E-state index contributed by atoms with van der Waals surface area (Å²) in [6.45, 7) is 0.169. The second-order valence-corrected chi connectivity index (χ2v) is 5.31. The zero-order chi connectivity index (χ0) is 14.4. The Morgan fingerprint density at radius 2 is 2.10 bits per heavy atom.